The second-order valence-electron chi connectivity index (χ2n) is 3.52. The third kappa shape index (κ3) is 2.91. The Morgan fingerprint density at radius 3 is 2.79 bits per heavy atom. The zero-order chi connectivity index (χ0) is 9.80. The Kier molecular flexibility index (Phi) is 3.74. The maximum atomic E-state index is 5.94. The molecule has 1 aliphatic rings. The van der Waals surface area contributed by atoms with Crippen LogP contribution in [-0.4, -0.2) is 18.3 Å². The van der Waals surface area contributed by atoms with Gasteiger partial charge in [-0.2, -0.15) is 0 Å². The number of hydrogen-bond donors (Lipinski definition) is 1. The number of benzene rings is 1. The molecule has 76 valence electrons. The van der Waals surface area contributed by atoms with Crippen LogP contribution in [0.1, 0.15) is 12.8 Å². The van der Waals surface area contributed by atoms with E-state index in [0.717, 1.165) is 23.4 Å². The molecular weight excluding hydrogens is 214 g/mol. The Morgan fingerprint density at radius 2 is 2.07 bits per heavy atom. The molecule has 0 aliphatic carbocycles. The maximum absolute atomic E-state index is 5.94. The minimum absolute atomic E-state index is 0.759. The van der Waals surface area contributed by atoms with E-state index in [9.17, 15) is 0 Å². The summed E-state index contributed by atoms with van der Waals surface area (Å²) in [6.45, 7) is 2.30. The highest BCUT2D eigenvalue weighted by atomic mass is 35.5. The van der Waals surface area contributed by atoms with Gasteiger partial charge >= 0.3 is 0 Å². The topological polar surface area (TPSA) is 12.0 Å². The van der Waals surface area contributed by atoms with Crippen molar-refractivity contribution < 1.29 is 0 Å². The molecule has 14 heavy (non-hydrogen) atoms. The third-order valence-corrected chi connectivity index (χ3v) is 3.95. The van der Waals surface area contributed by atoms with Gasteiger partial charge in [-0.15, -0.1) is 11.8 Å². The summed E-state index contributed by atoms with van der Waals surface area (Å²) < 4.78 is 0. The van der Waals surface area contributed by atoms with Crippen LogP contribution in [0.25, 0.3) is 0 Å². The van der Waals surface area contributed by atoms with Gasteiger partial charge in [-0.25, -0.2) is 0 Å². The average molecular weight is 228 g/mol. The lowest BCUT2D eigenvalue weighted by Gasteiger charge is -2.21. The molecule has 0 saturated carbocycles. The van der Waals surface area contributed by atoms with Crippen LogP contribution >= 0.6 is 23.4 Å². The van der Waals surface area contributed by atoms with E-state index in [1.807, 2.05) is 30.0 Å². The highest BCUT2D eigenvalue weighted by Crippen LogP contribution is 2.29. The van der Waals surface area contributed by atoms with Crippen molar-refractivity contribution in [2.75, 3.05) is 13.1 Å². The van der Waals surface area contributed by atoms with Crippen LogP contribution < -0.4 is 5.32 Å². The first-order valence-electron chi connectivity index (χ1n) is 4.97. The lowest BCUT2D eigenvalue weighted by Crippen LogP contribution is -2.29. The van der Waals surface area contributed by atoms with Gasteiger partial charge < -0.3 is 5.32 Å². The summed E-state index contributed by atoms with van der Waals surface area (Å²) in [4.78, 5) is 1.30. The molecule has 1 aromatic carbocycles. The van der Waals surface area contributed by atoms with Crippen molar-refractivity contribution in [3.05, 3.63) is 29.3 Å². The third-order valence-electron chi connectivity index (χ3n) is 2.39. The molecule has 2 rings (SSSR count). The van der Waals surface area contributed by atoms with E-state index < -0.39 is 0 Å². The Balaban J connectivity index is 1.95. The highest BCUT2D eigenvalue weighted by molar-refractivity contribution is 8.00. The normalized spacial score (nSPS) is 18.4. The molecular formula is C11H14ClNS. The molecule has 0 radical (unpaired) electrons. The summed E-state index contributed by atoms with van der Waals surface area (Å²) in [5.41, 5.74) is 0. The Bertz CT molecular complexity index is 297. The van der Waals surface area contributed by atoms with Crippen LogP contribution in [-0.2, 0) is 0 Å². The summed E-state index contributed by atoms with van der Waals surface area (Å²) in [5, 5.41) is 4.97. The summed E-state index contributed by atoms with van der Waals surface area (Å²) in [6, 6.07) is 8.13. The first-order chi connectivity index (χ1) is 6.84. The predicted octanol–water partition coefficient (Wildman–Crippen LogP) is 3.18. The minimum Gasteiger partial charge on any atom is -0.317 e. The first kappa shape index (κ1) is 10.3. The van der Waals surface area contributed by atoms with E-state index >= 15 is 0 Å². The fourth-order valence-electron chi connectivity index (χ4n) is 1.65. The van der Waals surface area contributed by atoms with E-state index in [0.29, 0.717) is 0 Å². The van der Waals surface area contributed by atoms with Crippen molar-refractivity contribution in [1.29, 1.82) is 0 Å². The molecule has 1 N–H and O–H groups in total. The fourth-order valence-corrected chi connectivity index (χ4v) is 3.11. The van der Waals surface area contributed by atoms with Crippen molar-refractivity contribution in [3.63, 3.8) is 0 Å². The van der Waals surface area contributed by atoms with Gasteiger partial charge in [0.2, 0.25) is 0 Å². The molecule has 1 nitrogen and oxygen atoms in total. The molecule has 1 aliphatic heterocycles. The number of thioether (sulfide) groups is 1. The van der Waals surface area contributed by atoms with Gasteiger partial charge in [-0.1, -0.05) is 17.7 Å². The quantitative estimate of drug-likeness (QED) is 0.833. The van der Waals surface area contributed by atoms with Crippen molar-refractivity contribution >= 4 is 23.4 Å². The molecule has 0 spiro atoms. The monoisotopic (exact) mass is 227 g/mol. The second kappa shape index (κ2) is 5.06. The highest BCUT2D eigenvalue weighted by Gasteiger charge is 2.13. The molecule has 0 unspecified atom stereocenters. The van der Waals surface area contributed by atoms with Crippen molar-refractivity contribution in [2.24, 2.45) is 0 Å². The van der Waals surface area contributed by atoms with Gasteiger partial charge in [0.25, 0.3) is 0 Å². The van der Waals surface area contributed by atoms with E-state index in [1.54, 1.807) is 0 Å². The number of halogens is 1. The molecule has 3 heteroatoms. The number of nitrogens with one attached hydrogen (secondary N) is 1. The van der Waals surface area contributed by atoms with Gasteiger partial charge in [0, 0.05) is 15.2 Å². The van der Waals surface area contributed by atoms with Crippen LogP contribution in [0.15, 0.2) is 29.2 Å². The standard InChI is InChI=1S/C11H14ClNS/c12-9-2-1-3-11(8-9)14-10-4-6-13-7-5-10/h1-3,8,10,13H,4-7H2. The summed E-state index contributed by atoms with van der Waals surface area (Å²) in [6.07, 6.45) is 2.52. The lowest BCUT2D eigenvalue weighted by molar-refractivity contribution is 0.531. The predicted molar refractivity (Wildman–Crippen MR) is 63.2 cm³/mol. The van der Waals surface area contributed by atoms with Gasteiger partial charge in [-0.05, 0) is 44.1 Å². The zero-order valence-corrected chi connectivity index (χ0v) is 9.57. The molecule has 0 atom stereocenters. The smallest absolute Gasteiger partial charge is 0.0417 e. The van der Waals surface area contributed by atoms with Crippen molar-refractivity contribution in [1.82, 2.24) is 5.32 Å². The maximum Gasteiger partial charge on any atom is 0.0417 e. The molecule has 1 aromatic rings. The molecule has 1 heterocycles. The molecule has 1 fully saturated rings. The molecule has 0 amide bonds. The van der Waals surface area contributed by atoms with Gasteiger partial charge in [0.15, 0.2) is 0 Å². The second-order valence-corrected chi connectivity index (χ2v) is 5.33. The Morgan fingerprint density at radius 1 is 1.29 bits per heavy atom. The van der Waals surface area contributed by atoms with Crippen LogP contribution in [0.5, 0.6) is 0 Å². The van der Waals surface area contributed by atoms with E-state index in [1.165, 1.54) is 17.7 Å². The number of hydrogen-bond acceptors (Lipinski definition) is 2. The number of piperidine rings is 1. The summed E-state index contributed by atoms with van der Waals surface area (Å²) in [7, 11) is 0. The van der Waals surface area contributed by atoms with Gasteiger partial charge in [-0.3, -0.25) is 0 Å². The minimum atomic E-state index is 0.759. The Labute approximate surface area is 94.2 Å². The van der Waals surface area contributed by atoms with Crippen molar-refractivity contribution in [3.8, 4) is 0 Å². The van der Waals surface area contributed by atoms with E-state index in [4.69, 9.17) is 11.6 Å². The van der Waals surface area contributed by atoms with Gasteiger partial charge in [0.05, 0.1) is 0 Å². The molecule has 1 saturated heterocycles. The lowest BCUT2D eigenvalue weighted by atomic mass is 10.2. The largest absolute Gasteiger partial charge is 0.317 e. The van der Waals surface area contributed by atoms with Crippen LogP contribution in [0, 0.1) is 0 Å². The first-order valence-corrected chi connectivity index (χ1v) is 6.23. The summed E-state index contributed by atoms with van der Waals surface area (Å²) in [5.74, 6) is 0. The fraction of sp³-hybridized carbons (Fsp3) is 0.455. The molecule has 0 bridgehead atoms. The number of rotatable bonds is 2. The van der Waals surface area contributed by atoms with Gasteiger partial charge in [0.1, 0.15) is 0 Å². The van der Waals surface area contributed by atoms with E-state index in [-0.39, 0.29) is 0 Å². The summed E-state index contributed by atoms with van der Waals surface area (Å²) >= 11 is 7.89. The van der Waals surface area contributed by atoms with E-state index in [2.05, 4.69) is 11.4 Å². The Hall–Kier alpha value is -0.180. The average Bonchev–Trinajstić information content (AvgIpc) is 2.19. The van der Waals surface area contributed by atoms with Crippen LogP contribution in [0.4, 0.5) is 0 Å². The zero-order valence-electron chi connectivity index (χ0n) is 8.00. The SMILES string of the molecule is Clc1cccc(SC2CCNCC2)c1. The van der Waals surface area contributed by atoms with Crippen molar-refractivity contribution in [2.45, 2.75) is 23.0 Å². The van der Waals surface area contributed by atoms with Crippen LogP contribution in [0.2, 0.25) is 5.02 Å². The van der Waals surface area contributed by atoms with Crippen LogP contribution in [0.3, 0.4) is 0 Å². The molecule has 0 aromatic heterocycles.